The van der Waals surface area contributed by atoms with Crippen molar-refractivity contribution in [2.45, 2.75) is 37.5 Å². The summed E-state index contributed by atoms with van der Waals surface area (Å²) in [6, 6.07) is 5.88. The van der Waals surface area contributed by atoms with Gasteiger partial charge in [0.1, 0.15) is 16.4 Å². The second kappa shape index (κ2) is 5.07. The molecule has 0 aromatic heterocycles. The number of aromatic hydroxyl groups is 2. The normalized spacial score (nSPS) is 11.6. The van der Waals surface area contributed by atoms with Crippen LogP contribution in [-0.2, 0) is 9.84 Å². The van der Waals surface area contributed by atoms with E-state index >= 15 is 0 Å². The first-order chi connectivity index (χ1) is 9.64. The zero-order valence-corrected chi connectivity index (χ0v) is 13.2. The van der Waals surface area contributed by atoms with Crippen LogP contribution >= 0.6 is 0 Å². The second-order valence-electron chi connectivity index (χ2n) is 5.32. The zero-order valence-electron chi connectivity index (χ0n) is 12.4. The molecule has 2 aromatic rings. The van der Waals surface area contributed by atoms with Crippen LogP contribution in [-0.4, -0.2) is 18.6 Å². The topological polar surface area (TPSA) is 74.6 Å². The molecule has 0 radical (unpaired) electrons. The molecule has 0 fully saturated rings. The number of benzene rings is 2. The average molecular weight is 306 g/mol. The van der Waals surface area contributed by atoms with Crippen LogP contribution in [0.2, 0.25) is 0 Å². The number of hydrogen-bond donors (Lipinski definition) is 2. The summed E-state index contributed by atoms with van der Waals surface area (Å²) in [5.41, 5.74) is 2.49. The molecule has 0 unspecified atom stereocenters. The molecule has 2 N–H and O–H groups in total. The Hall–Kier alpha value is -2.01. The molecule has 5 heteroatoms. The van der Waals surface area contributed by atoms with Crippen molar-refractivity contribution in [1.82, 2.24) is 0 Å². The zero-order chi connectivity index (χ0) is 15.9. The maximum Gasteiger partial charge on any atom is 0.210 e. The molecule has 0 aliphatic heterocycles. The monoisotopic (exact) mass is 306 g/mol. The van der Waals surface area contributed by atoms with Crippen LogP contribution < -0.4 is 0 Å². The van der Waals surface area contributed by atoms with Gasteiger partial charge in [-0.25, -0.2) is 8.42 Å². The van der Waals surface area contributed by atoms with Crippen LogP contribution in [0.1, 0.15) is 22.3 Å². The predicted octanol–water partition coefficient (Wildman–Crippen LogP) is 3.16. The minimum Gasteiger partial charge on any atom is -0.508 e. The van der Waals surface area contributed by atoms with Crippen LogP contribution in [0.5, 0.6) is 11.5 Å². The van der Waals surface area contributed by atoms with Crippen molar-refractivity contribution in [3.63, 3.8) is 0 Å². The van der Waals surface area contributed by atoms with Gasteiger partial charge in [-0.15, -0.1) is 0 Å². The summed E-state index contributed by atoms with van der Waals surface area (Å²) in [7, 11) is -3.90. The van der Waals surface area contributed by atoms with Crippen molar-refractivity contribution in [1.29, 1.82) is 0 Å². The summed E-state index contributed by atoms with van der Waals surface area (Å²) in [5.74, 6) is -0.360. The van der Waals surface area contributed by atoms with E-state index in [1.54, 1.807) is 33.8 Å². The fraction of sp³-hybridized carbons (Fsp3) is 0.250. The van der Waals surface area contributed by atoms with Crippen molar-refractivity contribution in [2.75, 3.05) is 0 Å². The van der Waals surface area contributed by atoms with Gasteiger partial charge in [0.05, 0.1) is 4.90 Å². The summed E-state index contributed by atoms with van der Waals surface area (Å²) in [6.07, 6.45) is 0. The standard InChI is InChI=1S/C16H18O4S/c1-9-5-11(3)16(18)15(6-9)21(19,20)14-8-13(17)7-10(2)12(14)4/h5-8,17-18H,1-4H3. The first kappa shape index (κ1) is 15.4. The molecule has 0 bridgehead atoms. The SMILES string of the molecule is Cc1cc(C)c(O)c(S(=O)(=O)c2cc(O)cc(C)c2C)c1. The van der Waals surface area contributed by atoms with Gasteiger partial charge in [0, 0.05) is 0 Å². The van der Waals surface area contributed by atoms with Crippen LogP contribution in [0.4, 0.5) is 0 Å². The van der Waals surface area contributed by atoms with E-state index in [9.17, 15) is 18.6 Å². The summed E-state index contributed by atoms with van der Waals surface area (Å²) in [5, 5.41) is 19.8. The highest BCUT2D eigenvalue weighted by Gasteiger charge is 2.26. The minimum atomic E-state index is -3.90. The Bertz CT molecular complexity index is 757. The van der Waals surface area contributed by atoms with Gasteiger partial charge in [-0.2, -0.15) is 0 Å². The first-order valence-corrected chi connectivity index (χ1v) is 7.98. The van der Waals surface area contributed by atoms with E-state index in [-0.39, 0.29) is 21.3 Å². The molecule has 21 heavy (non-hydrogen) atoms. The fourth-order valence-corrected chi connectivity index (χ4v) is 4.17. The molecule has 0 saturated heterocycles. The largest absolute Gasteiger partial charge is 0.508 e. The predicted molar refractivity (Wildman–Crippen MR) is 80.6 cm³/mol. The summed E-state index contributed by atoms with van der Waals surface area (Å²) >= 11 is 0. The molecule has 0 aliphatic carbocycles. The lowest BCUT2D eigenvalue weighted by molar-refractivity contribution is 0.453. The Morgan fingerprint density at radius 1 is 0.810 bits per heavy atom. The van der Waals surface area contributed by atoms with Gasteiger partial charge in [-0.05, 0) is 68.1 Å². The molecule has 112 valence electrons. The minimum absolute atomic E-state index is 0.0142. The molecule has 0 saturated carbocycles. The fourth-order valence-electron chi connectivity index (χ4n) is 2.33. The van der Waals surface area contributed by atoms with Gasteiger partial charge in [-0.1, -0.05) is 6.07 Å². The summed E-state index contributed by atoms with van der Waals surface area (Å²) in [4.78, 5) is -0.117. The van der Waals surface area contributed by atoms with Crippen molar-refractivity contribution in [3.05, 3.63) is 46.5 Å². The van der Waals surface area contributed by atoms with E-state index in [0.717, 1.165) is 5.56 Å². The van der Waals surface area contributed by atoms with E-state index < -0.39 is 9.84 Å². The highest BCUT2D eigenvalue weighted by molar-refractivity contribution is 7.91. The van der Waals surface area contributed by atoms with Crippen molar-refractivity contribution in [3.8, 4) is 11.5 Å². The van der Waals surface area contributed by atoms with Gasteiger partial charge >= 0.3 is 0 Å². The highest BCUT2D eigenvalue weighted by atomic mass is 32.2. The van der Waals surface area contributed by atoms with Crippen molar-refractivity contribution < 1.29 is 18.6 Å². The molecular formula is C16H18O4S. The highest BCUT2D eigenvalue weighted by Crippen LogP contribution is 2.35. The second-order valence-corrected chi connectivity index (χ2v) is 7.20. The van der Waals surface area contributed by atoms with E-state index in [2.05, 4.69) is 0 Å². The molecule has 2 rings (SSSR count). The first-order valence-electron chi connectivity index (χ1n) is 6.50. The summed E-state index contributed by atoms with van der Waals surface area (Å²) < 4.78 is 25.6. The number of phenols is 2. The third kappa shape index (κ3) is 2.61. The van der Waals surface area contributed by atoms with Gasteiger partial charge in [0.15, 0.2) is 0 Å². The Morgan fingerprint density at radius 3 is 2.05 bits per heavy atom. The van der Waals surface area contributed by atoms with Gasteiger partial charge in [0.25, 0.3) is 0 Å². The van der Waals surface area contributed by atoms with Gasteiger partial charge in [-0.3, -0.25) is 0 Å². The lowest BCUT2D eigenvalue weighted by atomic mass is 10.1. The molecule has 0 aliphatic rings. The average Bonchev–Trinajstić information content (AvgIpc) is 2.37. The van der Waals surface area contributed by atoms with Crippen LogP contribution in [0.3, 0.4) is 0 Å². The number of hydrogen-bond acceptors (Lipinski definition) is 4. The number of aryl methyl sites for hydroxylation is 3. The quantitative estimate of drug-likeness (QED) is 0.893. The lowest BCUT2D eigenvalue weighted by Gasteiger charge is -2.13. The Labute approximate surface area is 124 Å². The van der Waals surface area contributed by atoms with E-state index in [0.29, 0.717) is 16.7 Å². The third-order valence-corrected chi connectivity index (χ3v) is 5.49. The number of sulfone groups is 1. The molecule has 4 nitrogen and oxygen atoms in total. The Kier molecular flexibility index (Phi) is 3.72. The van der Waals surface area contributed by atoms with Crippen LogP contribution in [0, 0.1) is 27.7 Å². The maximum atomic E-state index is 12.8. The van der Waals surface area contributed by atoms with Crippen molar-refractivity contribution >= 4 is 9.84 Å². The lowest BCUT2D eigenvalue weighted by Crippen LogP contribution is -2.06. The van der Waals surface area contributed by atoms with Gasteiger partial charge < -0.3 is 10.2 Å². The molecule has 0 amide bonds. The molecule has 0 atom stereocenters. The number of rotatable bonds is 2. The van der Waals surface area contributed by atoms with Gasteiger partial charge in [0.2, 0.25) is 9.84 Å². The van der Waals surface area contributed by atoms with Crippen LogP contribution in [0.15, 0.2) is 34.1 Å². The molecule has 2 aromatic carbocycles. The molecule has 0 heterocycles. The number of phenolic OH excluding ortho intramolecular Hbond substituents is 2. The van der Waals surface area contributed by atoms with Crippen molar-refractivity contribution in [2.24, 2.45) is 0 Å². The Balaban J connectivity index is 2.81. The van der Waals surface area contributed by atoms with E-state index in [4.69, 9.17) is 0 Å². The molecule has 0 spiro atoms. The summed E-state index contributed by atoms with van der Waals surface area (Å²) in [6.45, 7) is 6.84. The molecular weight excluding hydrogens is 288 g/mol. The van der Waals surface area contributed by atoms with Crippen LogP contribution in [0.25, 0.3) is 0 Å². The Morgan fingerprint density at radius 2 is 1.43 bits per heavy atom. The maximum absolute atomic E-state index is 12.8. The third-order valence-electron chi connectivity index (χ3n) is 3.59. The van der Waals surface area contributed by atoms with E-state index in [1.807, 2.05) is 0 Å². The smallest absolute Gasteiger partial charge is 0.210 e. The van der Waals surface area contributed by atoms with E-state index in [1.165, 1.54) is 18.2 Å².